The molecular weight excluding hydrogens is 419 g/mol. The van der Waals surface area contributed by atoms with Crippen LogP contribution in [0.15, 0.2) is 59.0 Å². The molecule has 1 amide bonds. The molecule has 1 atom stereocenters. The van der Waals surface area contributed by atoms with Crippen LogP contribution >= 0.6 is 11.6 Å². The van der Waals surface area contributed by atoms with Crippen LogP contribution in [0.1, 0.15) is 17.5 Å². The van der Waals surface area contributed by atoms with E-state index >= 15 is 0 Å². The van der Waals surface area contributed by atoms with Crippen molar-refractivity contribution in [2.75, 3.05) is 5.32 Å². The Labute approximate surface area is 174 Å². The maximum atomic E-state index is 13.1. The number of esters is 1. The first-order chi connectivity index (χ1) is 14.2. The molecule has 0 aliphatic heterocycles. The zero-order valence-electron chi connectivity index (χ0n) is 15.4. The van der Waals surface area contributed by atoms with E-state index in [4.69, 9.17) is 20.8 Å². The van der Waals surface area contributed by atoms with Crippen molar-refractivity contribution in [2.24, 2.45) is 0 Å². The average molecular weight is 433 g/mol. The Morgan fingerprint density at radius 2 is 1.87 bits per heavy atom. The van der Waals surface area contributed by atoms with Crippen molar-refractivity contribution in [1.29, 1.82) is 0 Å². The van der Waals surface area contributed by atoms with Crippen LogP contribution in [0.4, 0.5) is 15.8 Å². The molecule has 1 heterocycles. The number of ether oxygens (including phenoxy) is 1. The van der Waals surface area contributed by atoms with Gasteiger partial charge in [0, 0.05) is 17.7 Å². The van der Waals surface area contributed by atoms with Crippen LogP contribution in [0.3, 0.4) is 0 Å². The number of nitrogens with zero attached hydrogens (tertiary/aromatic N) is 1. The van der Waals surface area contributed by atoms with Crippen molar-refractivity contribution in [2.45, 2.75) is 13.0 Å². The van der Waals surface area contributed by atoms with Crippen molar-refractivity contribution in [1.82, 2.24) is 0 Å². The zero-order chi connectivity index (χ0) is 21.8. The fraction of sp³-hybridized carbons (Fsp3) is 0.100. The third kappa shape index (κ3) is 4.81. The van der Waals surface area contributed by atoms with Crippen LogP contribution < -0.4 is 5.32 Å². The molecule has 30 heavy (non-hydrogen) atoms. The second-order valence-corrected chi connectivity index (χ2v) is 6.54. The Morgan fingerprint density at radius 3 is 2.50 bits per heavy atom. The van der Waals surface area contributed by atoms with Gasteiger partial charge in [-0.15, -0.1) is 0 Å². The van der Waals surface area contributed by atoms with E-state index in [1.165, 1.54) is 49.4 Å². The molecule has 0 aliphatic rings. The number of halogens is 2. The van der Waals surface area contributed by atoms with Gasteiger partial charge in [0.05, 0.1) is 15.6 Å². The normalized spacial score (nSPS) is 11.6. The van der Waals surface area contributed by atoms with E-state index in [9.17, 15) is 24.1 Å². The Kier molecular flexibility index (Phi) is 6.12. The largest absolute Gasteiger partial charge is 0.449 e. The molecule has 8 nitrogen and oxygen atoms in total. The van der Waals surface area contributed by atoms with Crippen molar-refractivity contribution in [3.05, 3.63) is 81.3 Å². The van der Waals surface area contributed by atoms with Gasteiger partial charge >= 0.3 is 5.97 Å². The van der Waals surface area contributed by atoms with Crippen LogP contribution in [0.2, 0.25) is 5.02 Å². The Balaban J connectivity index is 1.64. The first-order valence-electron chi connectivity index (χ1n) is 8.56. The fourth-order valence-corrected chi connectivity index (χ4v) is 2.66. The predicted octanol–water partition coefficient (Wildman–Crippen LogP) is 4.83. The van der Waals surface area contributed by atoms with Crippen molar-refractivity contribution >= 4 is 34.9 Å². The van der Waals surface area contributed by atoms with Gasteiger partial charge in [-0.1, -0.05) is 11.6 Å². The van der Waals surface area contributed by atoms with Gasteiger partial charge in [-0.05, 0) is 49.4 Å². The van der Waals surface area contributed by atoms with Gasteiger partial charge in [-0.2, -0.15) is 0 Å². The zero-order valence-corrected chi connectivity index (χ0v) is 16.2. The summed E-state index contributed by atoms with van der Waals surface area (Å²) < 4.78 is 23.6. The van der Waals surface area contributed by atoms with Gasteiger partial charge in [0.15, 0.2) is 6.10 Å². The van der Waals surface area contributed by atoms with Crippen molar-refractivity contribution in [3.8, 4) is 11.3 Å². The van der Waals surface area contributed by atoms with Gasteiger partial charge in [-0.25, -0.2) is 9.18 Å². The second kappa shape index (κ2) is 8.75. The monoisotopic (exact) mass is 432 g/mol. The Morgan fingerprint density at radius 1 is 1.17 bits per heavy atom. The van der Waals surface area contributed by atoms with E-state index in [1.54, 1.807) is 0 Å². The lowest BCUT2D eigenvalue weighted by Crippen LogP contribution is -2.30. The second-order valence-electron chi connectivity index (χ2n) is 6.13. The number of nitrogens with one attached hydrogen (secondary N) is 1. The van der Waals surface area contributed by atoms with Crippen LogP contribution in [-0.4, -0.2) is 22.9 Å². The molecule has 0 spiro atoms. The highest BCUT2D eigenvalue weighted by Gasteiger charge is 2.22. The number of carbonyl (C=O) groups excluding carboxylic acids is 2. The third-order valence-electron chi connectivity index (χ3n) is 4.01. The molecule has 154 valence electrons. The number of hydrogen-bond acceptors (Lipinski definition) is 6. The standard InChI is InChI=1S/C20H14ClFN2O6/c1-11(19(25)23-16-7-4-13(22)10-15(16)21)29-20(26)18-9-8-17(30-18)12-2-5-14(6-3-12)24(27)28/h2-11H,1H3,(H,23,25). The molecule has 3 aromatic rings. The van der Waals surface area contributed by atoms with Crippen LogP contribution in [0.25, 0.3) is 11.3 Å². The number of nitro groups is 1. The SMILES string of the molecule is CC(OC(=O)c1ccc(-c2ccc([N+](=O)[O-])cc2)o1)C(=O)Nc1ccc(F)cc1Cl. The predicted molar refractivity (Wildman–Crippen MR) is 106 cm³/mol. The third-order valence-corrected chi connectivity index (χ3v) is 4.32. The van der Waals surface area contributed by atoms with Crippen molar-refractivity contribution in [3.63, 3.8) is 0 Å². The number of non-ortho nitro benzene ring substituents is 1. The summed E-state index contributed by atoms with van der Waals surface area (Å²) in [7, 11) is 0. The number of carbonyl (C=O) groups is 2. The lowest BCUT2D eigenvalue weighted by Gasteiger charge is -2.13. The average Bonchev–Trinajstić information content (AvgIpc) is 3.20. The van der Waals surface area contributed by atoms with E-state index in [0.717, 1.165) is 12.1 Å². The van der Waals surface area contributed by atoms with Gasteiger partial charge in [0.25, 0.3) is 11.6 Å². The van der Waals surface area contributed by atoms with Gasteiger partial charge in [0.2, 0.25) is 5.76 Å². The summed E-state index contributed by atoms with van der Waals surface area (Å²) in [4.78, 5) is 34.6. The Bertz CT molecular complexity index is 1110. The maximum Gasteiger partial charge on any atom is 0.375 e. The van der Waals surface area contributed by atoms with Gasteiger partial charge < -0.3 is 14.5 Å². The first-order valence-corrected chi connectivity index (χ1v) is 8.94. The quantitative estimate of drug-likeness (QED) is 0.339. The van der Waals surface area contributed by atoms with E-state index in [2.05, 4.69) is 5.32 Å². The number of furan rings is 1. The molecule has 1 aromatic heterocycles. The van der Waals surface area contributed by atoms with Gasteiger partial charge in [-0.3, -0.25) is 14.9 Å². The number of amides is 1. The molecule has 2 aromatic carbocycles. The molecule has 0 saturated carbocycles. The first kappa shape index (κ1) is 21.0. The fourth-order valence-electron chi connectivity index (χ4n) is 2.45. The lowest BCUT2D eigenvalue weighted by atomic mass is 10.1. The minimum atomic E-state index is -1.19. The van der Waals surface area contributed by atoms with E-state index in [0.29, 0.717) is 11.3 Å². The molecule has 0 bridgehead atoms. The van der Waals surface area contributed by atoms with Gasteiger partial charge in [0.1, 0.15) is 11.6 Å². The van der Waals surface area contributed by atoms with Crippen LogP contribution in [-0.2, 0) is 9.53 Å². The molecule has 10 heteroatoms. The van der Waals surface area contributed by atoms with E-state index < -0.39 is 28.7 Å². The van der Waals surface area contributed by atoms with Crippen LogP contribution in [0.5, 0.6) is 0 Å². The van der Waals surface area contributed by atoms with E-state index in [1.807, 2.05) is 0 Å². The minimum Gasteiger partial charge on any atom is -0.449 e. The summed E-state index contributed by atoms with van der Waals surface area (Å²) in [5, 5.41) is 13.2. The minimum absolute atomic E-state index is 0.000603. The topological polar surface area (TPSA) is 112 Å². The number of nitro benzene ring substituents is 1. The molecular formula is C20H14ClFN2O6. The molecule has 0 fully saturated rings. The summed E-state index contributed by atoms with van der Waals surface area (Å²) in [6, 6.07) is 11.9. The summed E-state index contributed by atoms with van der Waals surface area (Å²) in [5.41, 5.74) is 0.617. The molecule has 1 unspecified atom stereocenters. The smallest absolute Gasteiger partial charge is 0.375 e. The summed E-state index contributed by atoms with van der Waals surface area (Å²) in [6.45, 7) is 1.35. The molecule has 3 rings (SSSR count). The molecule has 0 radical (unpaired) electrons. The van der Waals surface area contributed by atoms with Crippen molar-refractivity contribution < 1.29 is 28.1 Å². The lowest BCUT2D eigenvalue weighted by molar-refractivity contribution is -0.384. The van der Waals surface area contributed by atoms with E-state index in [-0.39, 0.29) is 22.2 Å². The summed E-state index contributed by atoms with van der Waals surface area (Å²) in [6.07, 6.45) is -1.19. The summed E-state index contributed by atoms with van der Waals surface area (Å²) >= 11 is 5.85. The number of hydrogen-bond donors (Lipinski definition) is 1. The summed E-state index contributed by atoms with van der Waals surface area (Å²) in [5.74, 6) is -1.95. The molecule has 0 saturated heterocycles. The highest BCUT2D eigenvalue weighted by atomic mass is 35.5. The van der Waals surface area contributed by atoms with Crippen LogP contribution in [0, 0.1) is 15.9 Å². The highest BCUT2D eigenvalue weighted by molar-refractivity contribution is 6.33. The molecule has 0 aliphatic carbocycles. The number of rotatable bonds is 6. The number of benzene rings is 2. The molecule has 1 N–H and O–H groups in total. The highest BCUT2D eigenvalue weighted by Crippen LogP contribution is 2.25. The maximum absolute atomic E-state index is 13.1. The number of anilines is 1. The Hall–Kier alpha value is -3.72.